The van der Waals surface area contributed by atoms with E-state index in [0.717, 1.165) is 15.7 Å². The number of benzene rings is 2. The Hall–Kier alpha value is -1.88. The molecule has 0 unspecified atom stereocenters. The van der Waals surface area contributed by atoms with E-state index in [9.17, 15) is 9.18 Å². The number of hydrogen-bond acceptors (Lipinski definition) is 2. The van der Waals surface area contributed by atoms with Crippen LogP contribution in [-0.4, -0.2) is 12.5 Å². The third-order valence-corrected chi connectivity index (χ3v) is 3.60. The van der Waals surface area contributed by atoms with Crippen molar-refractivity contribution in [1.29, 1.82) is 0 Å². The minimum absolute atomic E-state index is 0.207. The first-order valence-electron chi connectivity index (χ1n) is 6.60. The van der Waals surface area contributed by atoms with E-state index in [-0.39, 0.29) is 18.0 Å². The molecular weight excluding hydrogens is 335 g/mol. The zero-order valence-corrected chi connectivity index (χ0v) is 13.2. The van der Waals surface area contributed by atoms with Gasteiger partial charge in [0.15, 0.2) is 0 Å². The van der Waals surface area contributed by atoms with Crippen LogP contribution in [0.1, 0.15) is 12.0 Å². The minimum atomic E-state index is -0.430. The zero-order valence-electron chi connectivity index (χ0n) is 11.6. The summed E-state index contributed by atoms with van der Waals surface area (Å²) in [5.41, 5.74) is 2.29. The lowest BCUT2D eigenvalue weighted by molar-refractivity contribution is -0.116. The molecule has 0 saturated heterocycles. The number of nitrogens with one attached hydrogen (secondary N) is 2. The molecule has 0 radical (unpaired) electrons. The van der Waals surface area contributed by atoms with Crippen LogP contribution in [0, 0.1) is 12.7 Å². The number of rotatable bonds is 5. The fourth-order valence-corrected chi connectivity index (χ4v) is 2.48. The van der Waals surface area contributed by atoms with Crippen molar-refractivity contribution in [2.75, 3.05) is 17.2 Å². The molecule has 5 heteroatoms. The van der Waals surface area contributed by atoms with Gasteiger partial charge in [0.2, 0.25) is 5.91 Å². The molecule has 21 heavy (non-hydrogen) atoms. The standard InChI is InChI=1S/C16H16BrFN2O/c1-11-6-7-14(12(17)10-11)19-9-8-16(21)20-15-5-3-2-4-13(15)18/h2-7,10,19H,8-9H2,1H3,(H,20,21). The van der Waals surface area contributed by atoms with E-state index >= 15 is 0 Å². The zero-order chi connectivity index (χ0) is 15.2. The van der Waals surface area contributed by atoms with Crippen LogP contribution in [-0.2, 0) is 4.79 Å². The number of anilines is 2. The lowest BCUT2D eigenvalue weighted by atomic mass is 10.2. The minimum Gasteiger partial charge on any atom is -0.384 e. The molecule has 0 aliphatic carbocycles. The molecule has 2 rings (SSSR count). The number of carbonyl (C=O) groups is 1. The van der Waals surface area contributed by atoms with Crippen molar-refractivity contribution in [3.05, 3.63) is 58.3 Å². The Labute approximate surface area is 131 Å². The van der Waals surface area contributed by atoms with Crippen molar-refractivity contribution < 1.29 is 9.18 Å². The molecule has 0 bridgehead atoms. The van der Waals surface area contributed by atoms with Crippen LogP contribution in [0.25, 0.3) is 0 Å². The summed E-state index contributed by atoms with van der Waals surface area (Å²) in [5, 5.41) is 5.72. The quantitative estimate of drug-likeness (QED) is 0.842. The van der Waals surface area contributed by atoms with E-state index in [1.54, 1.807) is 12.1 Å². The Morgan fingerprint density at radius 2 is 1.95 bits per heavy atom. The Morgan fingerprint density at radius 1 is 1.19 bits per heavy atom. The normalized spacial score (nSPS) is 10.2. The van der Waals surface area contributed by atoms with Gasteiger partial charge in [-0.05, 0) is 52.7 Å². The largest absolute Gasteiger partial charge is 0.384 e. The fraction of sp³-hybridized carbons (Fsp3) is 0.188. The van der Waals surface area contributed by atoms with E-state index in [4.69, 9.17) is 0 Å². The third-order valence-electron chi connectivity index (χ3n) is 2.94. The van der Waals surface area contributed by atoms with E-state index in [0.29, 0.717) is 6.54 Å². The Balaban J connectivity index is 1.83. The molecule has 2 N–H and O–H groups in total. The summed E-state index contributed by atoms with van der Waals surface area (Å²) < 4.78 is 14.3. The van der Waals surface area contributed by atoms with Gasteiger partial charge in [-0.2, -0.15) is 0 Å². The number of carbonyl (C=O) groups excluding carboxylic acids is 1. The van der Waals surface area contributed by atoms with Crippen LogP contribution in [0.15, 0.2) is 46.9 Å². The summed E-state index contributed by atoms with van der Waals surface area (Å²) in [4.78, 5) is 11.8. The van der Waals surface area contributed by atoms with Gasteiger partial charge in [0.1, 0.15) is 5.82 Å². The summed E-state index contributed by atoms with van der Waals surface area (Å²) in [5.74, 6) is -0.657. The molecule has 3 nitrogen and oxygen atoms in total. The number of halogens is 2. The van der Waals surface area contributed by atoms with Crippen molar-refractivity contribution in [3.8, 4) is 0 Å². The van der Waals surface area contributed by atoms with Crippen LogP contribution in [0.3, 0.4) is 0 Å². The van der Waals surface area contributed by atoms with Gasteiger partial charge in [0, 0.05) is 23.1 Å². The van der Waals surface area contributed by atoms with Gasteiger partial charge < -0.3 is 10.6 Å². The fourth-order valence-electron chi connectivity index (χ4n) is 1.85. The highest BCUT2D eigenvalue weighted by Crippen LogP contribution is 2.23. The van der Waals surface area contributed by atoms with Gasteiger partial charge >= 0.3 is 0 Å². The molecule has 2 aromatic carbocycles. The van der Waals surface area contributed by atoms with Crippen molar-refractivity contribution in [2.24, 2.45) is 0 Å². The molecule has 1 amide bonds. The number of amides is 1. The number of hydrogen-bond donors (Lipinski definition) is 2. The van der Waals surface area contributed by atoms with Gasteiger partial charge in [0.25, 0.3) is 0 Å². The van der Waals surface area contributed by atoms with Gasteiger partial charge in [-0.1, -0.05) is 18.2 Å². The highest BCUT2D eigenvalue weighted by molar-refractivity contribution is 9.10. The first-order chi connectivity index (χ1) is 10.1. The Morgan fingerprint density at radius 3 is 2.67 bits per heavy atom. The Bertz CT molecular complexity index is 646. The van der Waals surface area contributed by atoms with Gasteiger partial charge in [-0.25, -0.2) is 4.39 Å². The highest BCUT2D eigenvalue weighted by atomic mass is 79.9. The second-order valence-corrected chi connectivity index (χ2v) is 5.54. The second kappa shape index (κ2) is 7.22. The molecule has 0 atom stereocenters. The molecule has 0 heterocycles. The molecule has 110 valence electrons. The maximum atomic E-state index is 13.4. The molecular formula is C16H16BrFN2O. The van der Waals surface area contributed by atoms with E-state index in [1.807, 2.05) is 25.1 Å². The highest BCUT2D eigenvalue weighted by Gasteiger charge is 2.06. The van der Waals surface area contributed by atoms with Crippen molar-refractivity contribution >= 4 is 33.2 Å². The summed E-state index contributed by atoms with van der Waals surface area (Å²) in [6.45, 7) is 2.48. The van der Waals surface area contributed by atoms with Crippen LogP contribution < -0.4 is 10.6 Å². The average molecular weight is 351 g/mol. The van der Waals surface area contributed by atoms with E-state index in [2.05, 4.69) is 26.6 Å². The topological polar surface area (TPSA) is 41.1 Å². The van der Waals surface area contributed by atoms with Crippen LogP contribution in [0.4, 0.5) is 15.8 Å². The molecule has 0 aliphatic heterocycles. The van der Waals surface area contributed by atoms with E-state index in [1.165, 1.54) is 12.1 Å². The first-order valence-corrected chi connectivity index (χ1v) is 7.40. The van der Waals surface area contributed by atoms with Crippen molar-refractivity contribution in [1.82, 2.24) is 0 Å². The van der Waals surface area contributed by atoms with Gasteiger partial charge in [-0.3, -0.25) is 4.79 Å². The van der Waals surface area contributed by atoms with Crippen LogP contribution >= 0.6 is 15.9 Å². The predicted molar refractivity (Wildman–Crippen MR) is 87.0 cm³/mol. The maximum Gasteiger partial charge on any atom is 0.226 e. The molecule has 2 aromatic rings. The van der Waals surface area contributed by atoms with E-state index < -0.39 is 5.82 Å². The first kappa shape index (κ1) is 15.5. The van der Waals surface area contributed by atoms with Crippen LogP contribution in [0.5, 0.6) is 0 Å². The van der Waals surface area contributed by atoms with Crippen molar-refractivity contribution in [3.63, 3.8) is 0 Å². The summed E-state index contributed by atoms with van der Waals surface area (Å²) in [7, 11) is 0. The molecule has 0 spiro atoms. The van der Waals surface area contributed by atoms with Gasteiger partial charge in [-0.15, -0.1) is 0 Å². The molecule has 0 saturated carbocycles. The van der Waals surface area contributed by atoms with Crippen molar-refractivity contribution in [2.45, 2.75) is 13.3 Å². The average Bonchev–Trinajstić information content (AvgIpc) is 2.44. The summed E-state index contributed by atoms with van der Waals surface area (Å²) in [6.07, 6.45) is 0.259. The molecule has 0 aromatic heterocycles. The third kappa shape index (κ3) is 4.56. The second-order valence-electron chi connectivity index (χ2n) is 4.69. The Kier molecular flexibility index (Phi) is 5.33. The van der Waals surface area contributed by atoms with Gasteiger partial charge in [0.05, 0.1) is 5.69 Å². The summed E-state index contributed by atoms with van der Waals surface area (Å²) in [6, 6.07) is 12.1. The summed E-state index contributed by atoms with van der Waals surface area (Å²) >= 11 is 3.47. The SMILES string of the molecule is Cc1ccc(NCCC(=O)Nc2ccccc2F)c(Br)c1. The lowest BCUT2D eigenvalue weighted by Gasteiger charge is -2.10. The smallest absolute Gasteiger partial charge is 0.226 e. The monoisotopic (exact) mass is 350 g/mol. The molecule has 0 aliphatic rings. The maximum absolute atomic E-state index is 13.4. The predicted octanol–water partition coefficient (Wildman–Crippen LogP) is 4.34. The van der Waals surface area contributed by atoms with Crippen LogP contribution in [0.2, 0.25) is 0 Å². The number of aryl methyl sites for hydroxylation is 1. The molecule has 0 fully saturated rings. The number of para-hydroxylation sites is 1. The lowest BCUT2D eigenvalue weighted by Crippen LogP contribution is -2.17.